The largest absolute Gasteiger partial charge is 0.466 e. The molecule has 0 aromatic carbocycles. The molecule has 2 nitrogen and oxygen atoms in total. The Balaban J connectivity index is 3.62. The second-order valence-corrected chi connectivity index (χ2v) is 6.00. The van der Waals surface area contributed by atoms with Crippen molar-refractivity contribution in [1.82, 2.24) is 0 Å². The van der Waals surface area contributed by atoms with Crippen molar-refractivity contribution >= 4 is 5.97 Å². The molecule has 96 valence electrons. The summed E-state index contributed by atoms with van der Waals surface area (Å²) < 4.78 is 5.19. The van der Waals surface area contributed by atoms with Crippen molar-refractivity contribution in [2.24, 2.45) is 11.3 Å². The van der Waals surface area contributed by atoms with E-state index in [2.05, 4.69) is 34.6 Å². The van der Waals surface area contributed by atoms with E-state index < -0.39 is 0 Å². The van der Waals surface area contributed by atoms with Crippen LogP contribution in [0.25, 0.3) is 0 Å². The van der Waals surface area contributed by atoms with Crippen LogP contribution in [0.5, 0.6) is 0 Å². The third-order valence-corrected chi connectivity index (χ3v) is 2.49. The van der Waals surface area contributed by atoms with Crippen LogP contribution >= 0.6 is 0 Å². The molecule has 0 heterocycles. The maximum atomic E-state index is 11.5. The SMILES string of the molecule is CCCCCOC(=O)CC(C)CC(C)(C)C. The van der Waals surface area contributed by atoms with E-state index in [0.29, 0.717) is 24.4 Å². The number of rotatable bonds is 7. The van der Waals surface area contributed by atoms with Gasteiger partial charge in [0.1, 0.15) is 0 Å². The molecule has 0 aliphatic heterocycles. The average molecular weight is 228 g/mol. The summed E-state index contributed by atoms with van der Waals surface area (Å²) in [7, 11) is 0. The van der Waals surface area contributed by atoms with Crippen LogP contribution in [0.1, 0.15) is 66.7 Å². The highest BCUT2D eigenvalue weighted by molar-refractivity contribution is 5.69. The minimum absolute atomic E-state index is 0.0344. The van der Waals surface area contributed by atoms with Gasteiger partial charge in [-0.25, -0.2) is 0 Å². The van der Waals surface area contributed by atoms with Gasteiger partial charge < -0.3 is 4.74 Å². The molecular weight excluding hydrogens is 200 g/mol. The summed E-state index contributed by atoms with van der Waals surface area (Å²) in [6.45, 7) is 11.5. The summed E-state index contributed by atoms with van der Waals surface area (Å²) >= 11 is 0. The van der Waals surface area contributed by atoms with Gasteiger partial charge in [-0.15, -0.1) is 0 Å². The fourth-order valence-corrected chi connectivity index (χ4v) is 2.00. The fourth-order valence-electron chi connectivity index (χ4n) is 2.00. The topological polar surface area (TPSA) is 26.3 Å². The molecule has 0 bridgehead atoms. The Morgan fingerprint density at radius 1 is 1.25 bits per heavy atom. The maximum absolute atomic E-state index is 11.5. The summed E-state index contributed by atoms with van der Waals surface area (Å²) in [5.41, 5.74) is 0.294. The molecule has 1 atom stereocenters. The molecule has 0 saturated carbocycles. The first-order chi connectivity index (χ1) is 7.35. The van der Waals surface area contributed by atoms with Crippen LogP contribution in [0.15, 0.2) is 0 Å². The molecule has 0 saturated heterocycles. The predicted octanol–water partition coefficient (Wildman–Crippen LogP) is 4.18. The highest BCUT2D eigenvalue weighted by atomic mass is 16.5. The molecule has 0 aliphatic carbocycles. The molecule has 0 rings (SSSR count). The van der Waals surface area contributed by atoms with Gasteiger partial charge in [-0.1, -0.05) is 47.5 Å². The van der Waals surface area contributed by atoms with Gasteiger partial charge in [0.25, 0.3) is 0 Å². The lowest BCUT2D eigenvalue weighted by Crippen LogP contribution is -2.16. The van der Waals surface area contributed by atoms with Gasteiger partial charge >= 0.3 is 5.97 Å². The van der Waals surface area contributed by atoms with E-state index in [-0.39, 0.29) is 5.97 Å². The van der Waals surface area contributed by atoms with E-state index in [1.807, 2.05) is 0 Å². The first-order valence-corrected chi connectivity index (χ1v) is 6.50. The maximum Gasteiger partial charge on any atom is 0.306 e. The Kier molecular flexibility index (Phi) is 7.44. The van der Waals surface area contributed by atoms with E-state index in [1.165, 1.54) is 0 Å². The van der Waals surface area contributed by atoms with E-state index in [9.17, 15) is 4.79 Å². The van der Waals surface area contributed by atoms with Crippen LogP contribution in [0, 0.1) is 11.3 Å². The zero-order valence-electron chi connectivity index (χ0n) is 11.6. The normalized spacial score (nSPS) is 13.6. The molecule has 0 aliphatic rings. The molecule has 0 fully saturated rings. The number of esters is 1. The van der Waals surface area contributed by atoms with E-state index in [0.717, 1.165) is 25.7 Å². The minimum atomic E-state index is -0.0344. The van der Waals surface area contributed by atoms with Crippen molar-refractivity contribution in [3.63, 3.8) is 0 Å². The summed E-state index contributed by atoms with van der Waals surface area (Å²) in [5, 5.41) is 0. The lowest BCUT2D eigenvalue weighted by molar-refractivity contribution is -0.144. The highest BCUT2D eigenvalue weighted by Crippen LogP contribution is 2.26. The number of carbonyl (C=O) groups is 1. The number of ether oxygens (including phenoxy) is 1. The van der Waals surface area contributed by atoms with Crippen molar-refractivity contribution in [3.8, 4) is 0 Å². The van der Waals surface area contributed by atoms with Crippen molar-refractivity contribution in [2.75, 3.05) is 6.61 Å². The lowest BCUT2D eigenvalue weighted by Gasteiger charge is -2.22. The second-order valence-electron chi connectivity index (χ2n) is 6.00. The number of hydrogen-bond donors (Lipinski definition) is 0. The molecule has 0 amide bonds. The van der Waals surface area contributed by atoms with Crippen molar-refractivity contribution in [3.05, 3.63) is 0 Å². The van der Waals surface area contributed by atoms with Gasteiger partial charge in [0.15, 0.2) is 0 Å². The van der Waals surface area contributed by atoms with Gasteiger partial charge in [0.05, 0.1) is 6.61 Å². The predicted molar refractivity (Wildman–Crippen MR) is 68.3 cm³/mol. The van der Waals surface area contributed by atoms with Gasteiger partial charge in [0.2, 0.25) is 0 Å². The molecule has 0 spiro atoms. The molecule has 0 N–H and O–H groups in total. The first kappa shape index (κ1) is 15.5. The standard InChI is InChI=1S/C14H28O2/c1-6-7-8-9-16-13(15)10-12(2)11-14(3,4)5/h12H,6-11H2,1-5H3. The summed E-state index contributed by atoms with van der Waals surface area (Å²) in [6, 6.07) is 0. The molecule has 0 aromatic heterocycles. The zero-order valence-corrected chi connectivity index (χ0v) is 11.6. The Labute approximate surface area is 101 Å². The molecule has 2 heteroatoms. The Morgan fingerprint density at radius 2 is 1.88 bits per heavy atom. The molecule has 0 aromatic rings. The lowest BCUT2D eigenvalue weighted by atomic mass is 9.84. The third kappa shape index (κ3) is 10.0. The zero-order chi connectivity index (χ0) is 12.6. The van der Waals surface area contributed by atoms with Crippen LogP contribution in [-0.2, 0) is 9.53 Å². The summed E-state index contributed by atoms with van der Waals surface area (Å²) in [4.78, 5) is 11.5. The number of unbranched alkanes of at least 4 members (excludes halogenated alkanes) is 2. The van der Waals surface area contributed by atoms with Crippen molar-refractivity contribution in [1.29, 1.82) is 0 Å². The average Bonchev–Trinajstić information content (AvgIpc) is 2.09. The first-order valence-electron chi connectivity index (χ1n) is 6.50. The monoisotopic (exact) mass is 228 g/mol. The Morgan fingerprint density at radius 3 is 2.38 bits per heavy atom. The minimum Gasteiger partial charge on any atom is -0.466 e. The van der Waals surface area contributed by atoms with E-state index in [1.54, 1.807) is 0 Å². The highest BCUT2D eigenvalue weighted by Gasteiger charge is 2.18. The molecule has 1 unspecified atom stereocenters. The van der Waals surface area contributed by atoms with Crippen LogP contribution in [0.2, 0.25) is 0 Å². The molecular formula is C14H28O2. The van der Waals surface area contributed by atoms with Crippen molar-refractivity contribution < 1.29 is 9.53 Å². The quantitative estimate of drug-likeness (QED) is 0.482. The summed E-state index contributed by atoms with van der Waals surface area (Å²) in [5.74, 6) is 0.381. The van der Waals surface area contributed by atoms with Gasteiger partial charge in [-0.05, 0) is 24.2 Å². The molecule has 0 radical (unpaired) electrons. The third-order valence-electron chi connectivity index (χ3n) is 2.49. The number of hydrogen-bond acceptors (Lipinski definition) is 2. The van der Waals surface area contributed by atoms with E-state index >= 15 is 0 Å². The fraction of sp³-hybridized carbons (Fsp3) is 0.929. The second kappa shape index (κ2) is 7.70. The van der Waals surface area contributed by atoms with Crippen LogP contribution < -0.4 is 0 Å². The van der Waals surface area contributed by atoms with E-state index in [4.69, 9.17) is 4.74 Å². The summed E-state index contributed by atoms with van der Waals surface area (Å²) in [6.07, 6.45) is 4.93. The van der Waals surface area contributed by atoms with Gasteiger partial charge in [0, 0.05) is 6.42 Å². The Bertz CT molecular complexity index is 191. The van der Waals surface area contributed by atoms with Crippen LogP contribution in [0.4, 0.5) is 0 Å². The number of carbonyl (C=O) groups excluding carboxylic acids is 1. The molecule has 16 heavy (non-hydrogen) atoms. The Hall–Kier alpha value is -0.530. The van der Waals surface area contributed by atoms with Crippen LogP contribution in [-0.4, -0.2) is 12.6 Å². The van der Waals surface area contributed by atoms with Gasteiger partial charge in [-0.2, -0.15) is 0 Å². The van der Waals surface area contributed by atoms with Gasteiger partial charge in [-0.3, -0.25) is 4.79 Å². The van der Waals surface area contributed by atoms with Crippen molar-refractivity contribution in [2.45, 2.75) is 66.7 Å². The smallest absolute Gasteiger partial charge is 0.306 e. The van der Waals surface area contributed by atoms with Crippen LogP contribution in [0.3, 0.4) is 0 Å².